The van der Waals surface area contributed by atoms with Gasteiger partial charge in [0.15, 0.2) is 0 Å². The fourth-order valence-electron chi connectivity index (χ4n) is 1.73. The summed E-state index contributed by atoms with van der Waals surface area (Å²) in [6, 6.07) is 16.0. The van der Waals surface area contributed by atoms with Crippen LogP contribution in [0, 0.1) is 6.92 Å². The molecule has 2 aromatic carbocycles. The van der Waals surface area contributed by atoms with Crippen LogP contribution in [0.2, 0.25) is 0 Å². The summed E-state index contributed by atoms with van der Waals surface area (Å²) in [7, 11) is 1.66. The van der Waals surface area contributed by atoms with Crippen LogP contribution >= 0.6 is 25.3 Å². The Bertz CT molecular complexity index is 583. The van der Waals surface area contributed by atoms with Gasteiger partial charge in [0.05, 0.1) is 7.11 Å². The third-order valence-electron chi connectivity index (χ3n) is 2.91. The SMILES string of the molecule is COc1ccc(C(S)=C(S)c2ccc(C)cc2)cc1. The van der Waals surface area contributed by atoms with E-state index in [1.807, 2.05) is 24.3 Å². The highest BCUT2D eigenvalue weighted by Gasteiger charge is 2.05. The fraction of sp³-hybridized carbons (Fsp3) is 0.125. The van der Waals surface area contributed by atoms with Crippen molar-refractivity contribution < 1.29 is 4.74 Å². The van der Waals surface area contributed by atoms with E-state index in [0.29, 0.717) is 0 Å². The molecule has 0 aliphatic carbocycles. The zero-order valence-corrected chi connectivity index (χ0v) is 12.7. The van der Waals surface area contributed by atoms with Gasteiger partial charge in [-0.3, -0.25) is 0 Å². The largest absolute Gasteiger partial charge is 0.497 e. The van der Waals surface area contributed by atoms with Gasteiger partial charge < -0.3 is 4.74 Å². The second kappa shape index (κ2) is 6.22. The highest BCUT2D eigenvalue weighted by molar-refractivity contribution is 7.96. The lowest BCUT2D eigenvalue weighted by Crippen LogP contribution is -1.85. The normalized spacial score (nSPS) is 12.0. The van der Waals surface area contributed by atoms with Gasteiger partial charge in [-0.05, 0) is 30.2 Å². The van der Waals surface area contributed by atoms with E-state index in [1.54, 1.807) is 7.11 Å². The molecular weight excluding hydrogens is 272 g/mol. The topological polar surface area (TPSA) is 9.23 Å². The van der Waals surface area contributed by atoms with E-state index in [4.69, 9.17) is 4.74 Å². The summed E-state index contributed by atoms with van der Waals surface area (Å²) in [6.45, 7) is 2.07. The van der Waals surface area contributed by atoms with Crippen molar-refractivity contribution in [3.63, 3.8) is 0 Å². The Balaban J connectivity index is 2.36. The zero-order chi connectivity index (χ0) is 13.8. The third kappa shape index (κ3) is 3.37. The van der Waals surface area contributed by atoms with Crippen LogP contribution in [0.1, 0.15) is 16.7 Å². The van der Waals surface area contributed by atoms with E-state index in [0.717, 1.165) is 26.7 Å². The van der Waals surface area contributed by atoms with Crippen LogP contribution in [0.25, 0.3) is 9.81 Å². The second-order valence-electron chi connectivity index (χ2n) is 4.29. The molecule has 0 aromatic heterocycles. The maximum atomic E-state index is 5.15. The van der Waals surface area contributed by atoms with Gasteiger partial charge in [-0.1, -0.05) is 42.0 Å². The number of methoxy groups -OCH3 is 1. The van der Waals surface area contributed by atoms with Crippen molar-refractivity contribution in [2.24, 2.45) is 0 Å². The smallest absolute Gasteiger partial charge is 0.118 e. The number of hydrogen-bond donors (Lipinski definition) is 2. The van der Waals surface area contributed by atoms with Crippen LogP contribution in [0.15, 0.2) is 48.5 Å². The van der Waals surface area contributed by atoms with Crippen molar-refractivity contribution in [1.29, 1.82) is 0 Å². The fourth-order valence-corrected chi connectivity index (χ4v) is 2.29. The second-order valence-corrected chi connectivity index (χ2v) is 5.19. The van der Waals surface area contributed by atoms with Gasteiger partial charge in [-0.15, -0.1) is 25.3 Å². The lowest BCUT2D eigenvalue weighted by Gasteiger charge is -2.08. The van der Waals surface area contributed by atoms with E-state index < -0.39 is 0 Å². The van der Waals surface area contributed by atoms with Gasteiger partial charge in [0, 0.05) is 9.81 Å². The van der Waals surface area contributed by atoms with Crippen molar-refractivity contribution in [2.75, 3.05) is 7.11 Å². The molecule has 0 heterocycles. The minimum Gasteiger partial charge on any atom is -0.497 e. The quantitative estimate of drug-likeness (QED) is 0.615. The van der Waals surface area contributed by atoms with Crippen LogP contribution in [0.3, 0.4) is 0 Å². The maximum absolute atomic E-state index is 5.15. The summed E-state index contributed by atoms with van der Waals surface area (Å²) in [5, 5.41) is 0. The highest BCUT2D eigenvalue weighted by Crippen LogP contribution is 2.32. The summed E-state index contributed by atoms with van der Waals surface area (Å²) in [6.07, 6.45) is 0. The third-order valence-corrected chi connectivity index (χ3v) is 4.05. The molecule has 0 spiro atoms. The predicted molar refractivity (Wildman–Crippen MR) is 89.0 cm³/mol. The Morgan fingerprint density at radius 1 is 0.789 bits per heavy atom. The molecule has 3 heteroatoms. The molecule has 0 amide bonds. The number of thiol groups is 2. The first kappa shape index (κ1) is 14.1. The molecule has 98 valence electrons. The summed E-state index contributed by atoms with van der Waals surface area (Å²) < 4.78 is 5.15. The standard InChI is InChI=1S/C16H16OS2/c1-11-3-5-12(6-4-11)15(18)16(19)13-7-9-14(17-2)10-8-13/h3-10,18-19H,1-2H3. The molecule has 0 aliphatic rings. The molecule has 2 aromatic rings. The molecule has 0 saturated heterocycles. The van der Waals surface area contributed by atoms with Gasteiger partial charge >= 0.3 is 0 Å². The van der Waals surface area contributed by atoms with Gasteiger partial charge in [0.1, 0.15) is 5.75 Å². The van der Waals surface area contributed by atoms with E-state index in [9.17, 15) is 0 Å². The number of rotatable bonds is 3. The Labute approximate surface area is 125 Å². The lowest BCUT2D eigenvalue weighted by atomic mass is 10.1. The van der Waals surface area contributed by atoms with Crippen molar-refractivity contribution in [2.45, 2.75) is 6.92 Å². The summed E-state index contributed by atoms with van der Waals surface area (Å²) in [4.78, 5) is 1.73. The molecule has 0 unspecified atom stereocenters. The Morgan fingerprint density at radius 3 is 1.63 bits per heavy atom. The first-order valence-corrected chi connectivity index (χ1v) is 6.85. The average molecular weight is 288 g/mol. The van der Waals surface area contributed by atoms with Crippen LogP contribution in [-0.2, 0) is 0 Å². The van der Waals surface area contributed by atoms with Crippen LogP contribution in [0.5, 0.6) is 5.75 Å². The molecule has 0 N–H and O–H groups in total. The van der Waals surface area contributed by atoms with Crippen molar-refractivity contribution in [3.8, 4) is 5.75 Å². The molecule has 0 bridgehead atoms. The van der Waals surface area contributed by atoms with E-state index in [2.05, 4.69) is 56.4 Å². The summed E-state index contributed by atoms with van der Waals surface area (Å²) in [5.74, 6) is 0.834. The molecule has 0 atom stereocenters. The first-order chi connectivity index (χ1) is 9.11. The monoisotopic (exact) mass is 288 g/mol. The van der Waals surface area contributed by atoms with Crippen LogP contribution < -0.4 is 4.74 Å². The molecular formula is C16H16OS2. The first-order valence-electron chi connectivity index (χ1n) is 5.95. The molecule has 0 radical (unpaired) electrons. The Kier molecular flexibility index (Phi) is 4.61. The van der Waals surface area contributed by atoms with Crippen LogP contribution in [-0.4, -0.2) is 7.11 Å². The Morgan fingerprint density at radius 2 is 1.21 bits per heavy atom. The van der Waals surface area contributed by atoms with Gasteiger partial charge in [0.25, 0.3) is 0 Å². The number of hydrogen-bond acceptors (Lipinski definition) is 3. The summed E-state index contributed by atoms with van der Waals surface area (Å²) in [5.41, 5.74) is 3.32. The van der Waals surface area contributed by atoms with Crippen molar-refractivity contribution in [3.05, 3.63) is 65.2 Å². The lowest BCUT2D eigenvalue weighted by molar-refractivity contribution is 0.415. The predicted octanol–water partition coefficient (Wildman–Crippen LogP) is 4.69. The molecule has 1 nitrogen and oxygen atoms in total. The highest BCUT2D eigenvalue weighted by atomic mass is 32.1. The zero-order valence-electron chi connectivity index (χ0n) is 10.9. The molecule has 0 aliphatic heterocycles. The Hall–Kier alpha value is -1.32. The van der Waals surface area contributed by atoms with Crippen LogP contribution in [0.4, 0.5) is 0 Å². The van der Waals surface area contributed by atoms with E-state index >= 15 is 0 Å². The average Bonchev–Trinajstić information content (AvgIpc) is 2.46. The number of ether oxygens (including phenoxy) is 1. The minimum absolute atomic E-state index is 0.834. The van der Waals surface area contributed by atoms with E-state index in [1.165, 1.54) is 5.56 Å². The molecule has 0 saturated carbocycles. The number of benzene rings is 2. The number of aryl methyl sites for hydroxylation is 1. The van der Waals surface area contributed by atoms with Crippen molar-refractivity contribution in [1.82, 2.24) is 0 Å². The summed E-state index contributed by atoms with van der Waals surface area (Å²) >= 11 is 9.16. The maximum Gasteiger partial charge on any atom is 0.118 e. The van der Waals surface area contributed by atoms with Crippen molar-refractivity contribution >= 4 is 35.1 Å². The van der Waals surface area contributed by atoms with E-state index in [-0.39, 0.29) is 0 Å². The molecule has 2 rings (SSSR count). The van der Waals surface area contributed by atoms with Gasteiger partial charge in [-0.2, -0.15) is 0 Å². The molecule has 0 fully saturated rings. The van der Waals surface area contributed by atoms with Gasteiger partial charge in [-0.25, -0.2) is 0 Å². The molecule has 19 heavy (non-hydrogen) atoms. The minimum atomic E-state index is 0.834. The van der Waals surface area contributed by atoms with Gasteiger partial charge in [0.2, 0.25) is 0 Å².